The van der Waals surface area contributed by atoms with E-state index in [0.717, 1.165) is 4.47 Å². The van der Waals surface area contributed by atoms with E-state index in [1.807, 2.05) is 0 Å². The Kier molecular flexibility index (Phi) is 6.13. The molecular weight excluding hydrogens is 302 g/mol. The molecule has 0 saturated carbocycles. The normalized spacial score (nSPS) is 11.4. The first-order valence-electron chi connectivity index (χ1n) is 5.12. The summed E-state index contributed by atoms with van der Waals surface area (Å²) in [5.74, 6) is -0.439. The molecule has 0 radical (unpaired) electrons. The van der Waals surface area contributed by atoms with Gasteiger partial charge in [0.05, 0.1) is 12.8 Å². The molecule has 0 fully saturated rings. The number of carbonyl (C=O) groups excluding carboxylic acids is 1. The quantitative estimate of drug-likeness (QED) is 0.285. The number of hydrogen-bond acceptors (Lipinski definition) is 5. The minimum absolute atomic E-state index is 0.251. The molecule has 1 atom stereocenters. The Balaban J connectivity index is 2.74. The van der Waals surface area contributed by atoms with E-state index in [1.54, 1.807) is 18.3 Å². The predicted molar refractivity (Wildman–Crippen MR) is 68.7 cm³/mol. The van der Waals surface area contributed by atoms with Crippen molar-refractivity contribution in [3.63, 3.8) is 0 Å². The maximum Gasteiger partial charge on any atom is 0.329 e. The van der Waals surface area contributed by atoms with Gasteiger partial charge in [-0.2, -0.15) is 0 Å². The minimum atomic E-state index is -0.669. The number of ether oxygens (including phenoxy) is 1. The van der Waals surface area contributed by atoms with Crippen molar-refractivity contribution in [3.05, 3.63) is 38.9 Å². The van der Waals surface area contributed by atoms with E-state index >= 15 is 0 Å². The van der Waals surface area contributed by atoms with Gasteiger partial charge in [-0.15, -0.1) is 0 Å². The topological polar surface area (TPSA) is 100.0 Å². The second-order valence-corrected chi connectivity index (χ2v) is 4.18. The van der Waals surface area contributed by atoms with Crippen molar-refractivity contribution in [1.29, 1.82) is 0 Å². The van der Waals surface area contributed by atoms with Crippen molar-refractivity contribution in [2.75, 3.05) is 20.2 Å². The van der Waals surface area contributed by atoms with Crippen molar-refractivity contribution < 1.29 is 9.53 Å². The van der Waals surface area contributed by atoms with Gasteiger partial charge in [0.25, 0.3) is 0 Å². The molecule has 0 amide bonds. The number of nitrogens with one attached hydrogen (secondary N) is 1. The van der Waals surface area contributed by atoms with E-state index in [1.165, 1.54) is 7.11 Å². The smallest absolute Gasteiger partial charge is 0.329 e. The average molecular weight is 314 g/mol. The second-order valence-electron chi connectivity index (χ2n) is 3.27. The Labute approximate surface area is 112 Å². The van der Waals surface area contributed by atoms with Crippen LogP contribution in [0.1, 0.15) is 11.7 Å². The molecule has 0 spiro atoms. The zero-order valence-electron chi connectivity index (χ0n) is 9.71. The summed E-state index contributed by atoms with van der Waals surface area (Å²) in [6.07, 6.45) is 1.60. The van der Waals surface area contributed by atoms with Gasteiger partial charge < -0.3 is 4.74 Å². The second kappa shape index (κ2) is 7.65. The number of hydrogen-bond donors (Lipinski definition) is 1. The molecule has 1 heterocycles. The van der Waals surface area contributed by atoms with Crippen molar-refractivity contribution >= 4 is 21.9 Å². The van der Waals surface area contributed by atoms with Crippen LogP contribution in [-0.2, 0) is 9.53 Å². The Morgan fingerprint density at radius 1 is 1.72 bits per heavy atom. The molecule has 0 aliphatic heterocycles. The summed E-state index contributed by atoms with van der Waals surface area (Å²) < 4.78 is 5.52. The van der Waals surface area contributed by atoms with Crippen LogP contribution in [0.15, 0.2) is 27.9 Å². The zero-order valence-corrected chi connectivity index (χ0v) is 11.3. The molecule has 18 heavy (non-hydrogen) atoms. The number of esters is 1. The largest absolute Gasteiger partial charge is 0.468 e. The number of pyridine rings is 1. The molecule has 0 bridgehead atoms. The van der Waals surface area contributed by atoms with Gasteiger partial charge in [0, 0.05) is 28.7 Å². The summed E-state index contributed by atoms with van der Waals surface area (Å²) in [5, 5.41) is 6.30. The molecule has 0 aliphatic carbocycles. The molecule has 0 aromatic carbocycles. The highest BCUT2D eigenvalue weighted by Gasteiger charge is 2.21. The summed E-state index contributed by atoms with van der Waals surface area (Å²) in [4.78, 5) is 18.4. The number of carbonyl (C=O) groups is 1. The van der Waals surface area contributed by atoms with Crippen molar-refractivity contribution in [2.24, 2.45) is 5.11 Å². The SMILES string of the molecule is COC(=O)C(NCCN=[N+]=[N-])c1ccc(Br)cn1. The van der Waals surface area contributed by atoms with Gasteiger partial charge in [-0.25, -0.2) is 4.79 Å². The standard InChI is InChI=1S/C10H12BrN5O2/c1-18-10(17)9(13-4-5-15-16-12)8-3-2-7(11)6-14-8/h2-3,6,9,13H,4-5H2,1H3. The first-order chi connectivity index (χ1) is 8.69. The molecule has 1 N–H and O–H groups in total. The van der Waals surface area contributed by atoms with Gasteiger partial charge >= 0.3 is 5.97 Å². The molecule has 0 aliphatic rings. The summed E-state index contributed by atoms with van der Waals surface area (Å²) in [6, 6.07) is 2.83. The molecular formula is C10H12BrN5O2. The lowest BCUT2D eigenvalue weighted by Gasteiger charge is -2.15. The molecule has 8 heteroatoms. The van der Waals surface area contributed by atoms with E-state index in [9.17, 15) is 4.79 Å². The van der Waals surface area contributed by atoms with Gasteiger partial charge in [0.15, 0.2) is 0 Å². The molecule has 1 unspecified atom stereocenters. The fourth-order valence-corrected chi connectivity index (χ4v) is 1.52. The number of aromatic nitrogens is 1. The van der Waals surface area contributed by atoms with Crippen LogP contribution in [0.25, 0.3) is 10.4 Å². The first-order valence-corrected chi connectivity index (χ1v) is 5.92. The Bertz CT molecular complexity index is 444. The van der Waals surface area contributed by atoms with E-state index in [4.69, 9.17) is 10.3 Å². The highest BCUT2D eigenvalue weighted by molar-refractivity contribution is 9.10. The van der Waals surface area contributed by atoms with Crippen molar-refractivity contribution in [2.45, 2.75) is 6.04 Å². The van der Waals surface area contributed by atoms with Crippen LogP contribution in [0.3, 0.4) is 0 Å². The summed E-state index contributed by atoms with van der Waals surface area (Å²) in [5.41, 5.74) is 8.70. The molecule has 0 saturated heterocycles. The Morgan fingerprint density at radius 2 is 2.50 bits per heavy atom. The van der Waals surface area contributed by atoms with Gasteiger partial charge in [-0.3, -0.25) is 10.3 Å². The third kappa shape index (κ3) is 4.33. The lowest BCUT2D eigenvalue weighted by Crippen LogP contribution is -2.32. The van der Waals surface area contributed by atoms with Crippen LogP contribution in [0.5, 0.6) is 0 Å². The molecule has 1 rings (SSSR count). The van der Waals surface area contributed by atoms with E-state index < -0.39 is 12.0 Å². The Morgan fingerprint density at radius 3 is 3.06 bits per heavy atom. The third-order valence-electron chi connectivity index (χ3n) is 2.11. The van der Waals surface area contributed by atoms with Gasteiger partial charge in [0.1, 0.15) is 6.04 Å². The van der Waals surface area contributed by atoms with Crippen LogP contribution in [0.4, 0.5) is 0 Å². The van der Waals surface area contributed by atoms with Gasteiger partial charge in [-0.1, -0.05) is 5.11 Å². The number of rotatable bonds is 6. The van der Waals surface area contributed by atoms with Crippen LogP contribution < -0.4 is 5.32 Å². The van der Waals surface area contributed by atoms with Crippen LogP contribution in [0.2, 0.25) is 0 Å². The fourth-order valence-electron chi connectivity index (χ4n) is 1.29. The third-order valence-corrected chi connectivity index (χ3v) is 2.58. The lowest BCUT2D eigenvalue weighted by molar-refractivity contribution is -0.143. The maximum absolute atomic E-state index is 11.6. The van der Waals surface area contributed by atoms with Crippen LogP contribution in [0, 0.1) is 0 Å². The zero-order chi connectivity index (χ0) is 13.4. The van der Waals surface area contributed by atoms with Crippen LogP contribution >= 0.6 is 15.9 Å². The summed E-state index contributed by atoms with van der Waals surface area (Å²) >= 11 is 3.27. The molecule has 1 aromatic heterocycles. The Hall–Kier alpha value is -1.63. The molecule has 7 nitrogen and oxygen atoms in total. The summed E-state index contributed by atoms with van der Waals surface area (Å²) in [6.45, 7) is 0.613. The van der Waals surface area contributed by atoms with E-state index in [-0.39, 0.29) is 6.54 Å². The number of halogens is 1. The predicted octanol–water partition coefficient (Wildman–Crippen LogP) is 1.96. The number of nitrogens with zero attached hydrogens (tertiary/aromatic N) is 4. The lowest BCUT2D eigenvalue weighted by atomic mass is 10.2. The van der Waals surface area contributed by atoms with E-state index in [0.29, 0.717) is 12.2 Å². The highest BCUT2D eigenvalue weighted by Crippen LogP contribution is 2.14. The van der Waals surface area contributed by atoms with Crippen LogP contribution in [-0.4, -0.2) is 31.2 Å². The molecule has 96 valence electrons. The molecule has 1 aromatic rings. The maximum atomic E-state index is 11.6. The highest BCUT2D eigenvalue weighted by atomic mass is 79.9. The van der Waals surface area contributed by atoms with E-state index in [2.05, 4.69) is 36.3 Å². The van der Waals surface area contributed by atoms with Crippen molar-refractivity contribution in [3.8, 4) is 0 Å². The van der Waals surface area contributed by atoms with Gasteiger partial charge in [0.2, 0.25) is 0 Å². The average Bonchev–Trinajstić information content (AvgIpc) is 2.39. The van der Waals surface area contributed by atoms with Crippen molar-refractivity contribution in [1.82, 2.24) is 10.3 Å². The number of methoxy groups -OCH3 is 1. The number of azide groups is 1. The minimum Gasteiger partial charge on any atom is -0.468 e. The fraction of sp³-hybridized carbons (Fsp3) is 0.400. The van der Waals surface area contributed by atoms with Gasteiger partial charge in [-0.05, 0) is 33.6 Å². The monoisotopic (exact) mass is 313 g/mol. The first kappa shape index (κ1) is 14.4. The summed E-state index contributed by atoms with van der Waals surface area (Å²) in [7, 11) is 1.31.